The summed E-state index contributed by atoms with van der Waals surface area (Å²) >= 11 is 0. The van der Waals surface area contributed by atoms with Crippen LogP contribution < -0.4 is 0 Å². The summed E-state index contributed by atoms with van der Waals surface area (Å²) in [6, 6.07) is 0. The maximum atomic E-state index is 2.50. The Kier molecular flexibility index (Phi) is 16.7. The van der Waals surface area contributed by atoms with E-state index in [1.54, 1.807) is 0 Å². The monoisotopic (exact) mass is 355 g/mol. The zero-order valence-corrected chi connectivity index (χ0v) is 17.9. The summed E-state index contributed by atoms with van der Waals surface area (Å²) in [5, 5.41) is 0. The Morgan fingerprint density at radius 3 is 1.48 bits per heavy atom. The van der Waals surface area contributed by atoms with Gasteiger partial charge in [0.05, 0.1) is 0 Å². The van der Waals surface area contributed by atoms with Crippen LogP contribution in [0.3, 0.4) is 0 Å². The molecule has 130 valence electrons. The first-order valence-corrected chi connectivity index (χ1v) is 11.6. The average Bonchev–Trinajstić information content (AvgIpc) is 2.86. The van der Waals surface area contributed by atoms with E-state index in [1.165, 1.54) is 57.9 Å². The van der Waals surface area contributed by atoms with Gasteiger partial charge >= 0.3 is 17.1 Å². The number of rotatable bonds is 3. The molecule has 0 heterocycles. The van der Waals surface area contributed by atoms with Gasteiger partial charge < -0.3 is 19.8 Å². The summed E-state index contributed by atoms with van der Waals surface area (Å²) in [5.74, 6) is 1.01. The Morgan fingerprint density at radius 1 is 0.810 bits per heavy atom. The van der Waals surface area contributed by atoms with Crippen LogP contribution in [0.2, 0.25) is 25.2 Å². The zero-order valence-electron chi connectivity index (χ0n) is 15.8. The van der Waals surface area contributed by atoms with Crippen LogP contribution in [0.1, 0.15) is 51.4 Å². The fraction of sp³-hybridized carbons (Fsp3) is 0.889. The van der Waals surface area contributed by atoms with Gasteiger partial charge in [0.1, 0.15) is 0 Å². The second kappa shape index (κ2) is 13.2. The third kappa shape index (κ3) is 11.9. The summed E-state index contributed by atoms with van der Waals surface area (Å²) in [6.07, 6.45) is 12.0. The smallest absolute Gasteiger partial charge is 0.358 e. The minimum atomic E-state index is -0.724. The summed E-state index contributed by atoms with van der Waals surface area (Å²) in [5.41, 5.74) is 1.15. The van der Waals surface area contributed by atoms with Gasteiger partial charge in [-0.05, 0) is 38.4 Å². The molecule has 0 aliphatic heterocycles. The van der Waals surface area contributed by atoms with Crippen molar-refractivity contribution in [3.63, 3.8) is 0 Å². The maximum Gasteiger partial charge on any atom is 2.00 e. The van der Waals surface area contributed by atoms with E-state index in [-0.39, 0.29) is 31.9 Å². The van der Waals surface area contributed by atoms with Crippen molar-refractivity contribution in [1.29, 1.82) is 0 Å². The minimum absolute atomic E-state index is 0. The van der Waals surface area contributed by atoms with Crippen molar-refractivity contribution in [2.75, 3.05) is 20.6 Å². The first-order chi connectivity index (χ1) is 8.39. The van der Waals surface area contributed by atoms with Gasteiger partial charge in [-0.15, -0.1) is 0 Å². The van der Waals surface area contributed by atoms with Gasteiger partial charge in [0, 0.05) is 14.6 Å². The summed E-state index contributed by atoms with van der Waals surface area (Å²) < 4.78 is 0. The zero-order chi connectivity index (χ0) is 13.6. The Bertz CT molecular complexity index is 214. The van der Waals surface area contributed by atoms with Crippen LogP contribution in [0.25, 0.3) is 0 Å². The van der Waals surface area contributed by atoms with E-state index in [0.717, 1.165) is 11.5 Å². The van der Waals surface area contributed by atoms with Gasteiger partial charge in [-0.1, -0.05) is 58.2 Å². The van der Waals surface area contributed by atoms with E-state index in [4.69, 9.17) is 0 Å². The Morgan fingerprint density at radius 2 is 1.19 bits per heavy atom. The van der Waals surface area contributed by atoms with Crippen LogP contribution in [0, 0.1) is 20.8 Å². The maximum absolute atomic E-state index is 2.50. The molecule has 3 heteroatoms. The summed E-state index contributed by atoms with van der Waals surface area (Å²) in [7, 11) is 3.61. The van der Waals surface area contributed by atoms with Crippen molar-refractivity contribution in [2.45, 2.75) is 76.5 Å². The molecule has 0 aromatic carbocycles. The second-order valence-electron chi connectivity index (χ2n) is 7.76. The molecule has 2 rings (SSSR count). The van der Waals surface area contributed by atoms with Crippen LogP contribution in [0.15, 0.2) is 0 Å². The van der Waals surface area contributed by atoms with Crippen LogP contribution in [-0.2, 0) is 17.1 Å². The van der Waals surface area contributed by atoms with Gasteiger partial charge in [-0.25, -0.2) is 0 Å². The molecule has 0 saturated heterocycles. The standard InChI is InChI=1S/C8H17N.C8H18Si.2CH3.Fe/c1-9(2)7-8-5-3-4-6-8;1-9(2,3)8-6-4-5-7-8;;;/h8H,3-7H2,1-2H3;8H,4-7H2,1-3H3;2*1H3;/q;;2*-1;+2. The third-order valence-corrected chi connectivity index (χ3v) is 7.70. The molecule has 0 radical (unpaired) electrons. The van der Waals surface area contributed by atoms with Crippen molar-refractivity contribution in [3.05, 3.63) is 14.9 Å². The fourth-order valence-electron chi connectivity index (χ4n) is 3.50. The van der Waals surface area contributed by atoms with Crippen molar-refractivity contribution >= 4 is 8.07 Å². The predicted molar refractivity (Wildman–Crippen MR) is 98.9 cm³/mol. The van der Waals surface area contributed by atoms with Crippen molar-refractivity contribution in [3.8, 4) is 0 Å². The SMILES string of the molecule is CN(C)CC1CCCC1.C[Si](C)(C)C1CCCC1.[CH3-].[CH3-].[Fe+2]. The van der Waals surface area contributed by atoms with Gasteiger partial charge in [0.25, 0.3) is 0 Å². The van der Waals surface area contributed by atoms with Gasteiger partial charge in [-0.2, -0.15) is 0 Å². The molecule has 0 spiro atoms. The molecule has 0 N–H and O–H groups in total. The normalized spacial score (nSPS) is 19.1. The Hall–Kier alpha value is 0.696. The fourth-order valence-corrected chi connectivity index (χ4v) is 5.64. The topological polar surface area (TPSA) is 3.24 Å². The summed E-state index contributed by atoms with van der Waals surface area (Å²) in [6.45, 7) is 8.81. The van der Waals surface area contributed by atoms with Crippen molar-refractivity contribution in [2.24, 2.45) is 5.92 Å². The van der Waals surface area contributed by atoms with Gasteiger partial charge in [0.2, 0.25) is 0 Å². The number of nitrogens with zero attached hydrogens (tertiary/aromatic N) is 1. The first kappa shape index (κ1) is 26.6. The first-order valence-electron chi connectivity index (χ1n) is 8.04. The molecule has 2 aliphatic rings. The Labute approximate surface area is 148 Å². The molecule has 0 amide bonds. The molecular formula is C18H41FeNSi. The van der Waals surface area contributed by atoms with E-state index in [2.05, 4.69) is 38.6 Å². The van der Waals surface area contributed by atoms with E-state index in [1.807, 2.05) is 0 Å². The van der Waals surface area contributed by atoms with Crippen molar-refractivity contribution < 1.29 is 17.1 Å². The minimum Gasteiger partial charge on any atom is -0.358 e. The van der Waals surface area contributed by atoms with E-state index in [9.17, 15) is 0 Å². The molecule has 1 nitrogen and oxygen atoms in total. The molecule has 21 heavy (non-hydrogen) atoms. The summed E-state index contributed by atoms with van der Waals surface area (Å²) in [4.78, 5) is 2.30. The van der Waals surface area contributed by atoms with Crippen LogP contribution in [-0.4, -0.2) is 33.6 Å². The average molecular weight is 355 g/mol. The molecular weight excluding hydrogens is 314 g/mol. The molecule has 0 aromatic heterocycles. The quantitative estimate of drug-likeness (QED) is 0.450. The molecule has 0 bridgehead atoms. The van der Waals surface area contributed by atoms with Crippen LogP contribution in [0.5, 0.6) is 0 Å². The van der Waals surface area contributed by atoms with Crippen LogP contribution in [0.4, 0.5) is 0 Å². The largest absolute Gasteiger partial charge is 2.00 e. The molecule has 2 saturated carbocycles. The van der Waals surface area contributed by atoms with Crippen molar-refractivity contribution in [1.82, 2.24) is 4.90 Å². The number of hydrogen-bond acceptors (Lipinski definition) is 1. The predicted octanol–water partition coefficient (Wildman–Crippen LogP) is 5.91. The Balaban J connectivity index is -0.000000270. The van der Waals surface area contributed by atoms with E-state index in [0.29, 0.717) is 0 Å². The molecule has 2 aliphatic carbocycles. The van der Waals surface area contributed by atoms with E-state index >= 15 is 0 Å². The second-order valence-corrected chi connectivity index (χ2v) is 13.3. The van der Waals surface area contributed by atoms with Gasteiger partial charge in [0.15, 0.2) is 0 Å². The molecule has 0 aromatic rings. The molecule has 0 unspecified atom stereocenters. The number of hydrogen-bond donors (Lipinski definition) is 0. The van der Waals surface area contributed by atoms with E-state index < -0.39 is 8.07 Å². The van der Waals surface area contributed by atoms with Crippen LogP contribution >= 0.6 is 0 Å². The van der Waals surface area contributed by atoms with Gasteiger partial charge in [-0.3, -0.25) is 0 Å². The molecule has 0 atom stereocenters. The molecule has 2 fully saturated rings. The third-order valence-electron chi connectivity index (χ3n) is 4.68.